The van der Waals surface area contributed by atoms with Crippen molar-refractivity contribution in [2.75, 3.05) is 10.6 Å². The zero-order valence-electron chi connectivity index (χ0n) is 19.2. The molecule has 33 heavy (non-hydrogen) atoms. The Bertz CT molecular complexity index is 1180. The van der Waals surface area contributed by atoms with Crippen molar-refractivity contribution in [1.82, 2.24) is 0 Å². The predicted octanol–water partition coefficient (Wildman–Crippen LogP) is 6.84. The van der Waals surface area contributed by atoms with Crippen molar-refractivity contribution >= 4 is 17.2 Å². The molecule has 1 aliphatic carbocycles. The fourth-order valence-electron chi connectivity index (χ4n) is 4.81. The third-order valence-corrected chi connectivity index (χ3v) is 6.71. The summed E-state index contributed by atoms with van der Waals surface area (Å²) >= 11 is 0. The lowest BCUT2D eigenvalue weighted by atomic mass is 9.78. The maximum atomic E-state index is 13.7. The van der Waals surface area contributed by atoms with E-state index in [0.29, 0.717) is 6.42 Å². The van der Waals surface area contributed by atoms with Crippen LogP contribution in [0.3, 0.4) is 0 Å². The molecule has 3 unspecified atom stereocenters. The molecule has 0 radical (unpaired) electrons. The van der Waals surface area contributed by atoms with Crippen LogP contribution in [0.2, 0.25) is 0 Å². The number of ether oxygens (including phenoxy) is 1. The average molecular weight is 439 g/mol. The van der Waals surface area contributed by atoms with E-state index in [9.17, 15) is 4.79 Å². The Labute approximate surface area is 195 Å². The molecular formula is C29H30N2O2. The molecular weight excluding hydrogens is 408 g/mol. The second-order valence-corrected chi connectivity index (χ2v) is 8.95. The van der Waals surface area contributed by atoms with Gasteiger partial charge < -0.3 is 15.4 Å². The number of fused-ring (bicyclic) bond motifs is 1. The number of carbonyl (C=O) groups excluding carboxylic acids is 1. The van der Waals surface area contributed by atoms with E-state index >= 15 is 0 Å². The van der Waals surface area contributed by atoms with Gasteiger partial charge in [0.25, 0.3) is 0 Å². The molecule has 0 fully saturated rings. The Morgan fingerprint density at radius 1 is 0.909 bits per heavy atom. The lowest BCUT2D eigenvalue weighted by Gasteiger charge is -2.31. The first-order chi connectivity index (χ1) is 16.1. The van der Waals surface area contributed by atoms with Gasteiger partial charge in [0.1, 0.15) is 5.75 Å². The number of nitrogens with one attached hydrogen (secondary N) is 2. The van der Waals surface area contributed by atoms with Crippen LogP contribution in [0.15, 0.2) is 90.1 Å². The molecule has 4 nitrogen and oxygen atoms in total. The van der Waals surface area contributed by atoms with Crippen molar-refractivity contribution in [2.24, 2.45) is 0 Å². The molecule has 0 saturated carbocycles. The molecule has 168 valence electrons. The normalized spacial score (nSPS) is 20.6. The number of Topliss-reactive ketones (excluding diaryl/α,β-unsaturated/α-hetero) is 1. The van der Waals surface area contributed by atoms with Crippen LogP contribution >= 0.6 is 0 Å². The molecule has 0 saturated heterocycles. The van der Waals surface area contributed by atoms with Gasteiger partial charge in [0.15, 0.2) is 5.78 Å². The Morgan fingerprint density at radius 3 is 2.39 bits per heavy atom. The van der Waals surface area contributed by atoms with E-state index in [0.717, 1.165) is 46.8 Å². The van der Waals surface area contributed by atoms with Gasteiger partial charge in [0.05, 0.1) is 23.5 Å². The van der Waals surface area contributed by atoms with Gasteiger partial charge in [0, 0.05) is 23.3 Å². The molecule has 0 aromatic heterocycles. The highest BCUT2D eigenvalue weighted by molar-refractivity contribution is 6.01. The summed E-state index contributed by atoms with van der Waals surface area (Å²) in [5.41, 5.74) is 6.00. The summed E-state index contributed by atoms with van der Waals surface area (Å²) in [6, 6.07) is 26.3. The van der Waals surface area contributed by atoms with E-state index in [1.54, 1.807) is 0 Å². The fraction of sp³-hybridized carbons (Fsp3) is 0.276. The van der Waals surface area contributed by atoms with Gasteiger partial charge in [-0.2, -0.15) is 0 Å². The van der Waals surface area contributed by atoms with E-state index in [2.05, 4.69) is 54.8 Å². The van der Waals surface area contributed by atoms with E-state index in [1.807, 2.05) is 48.5 Å². The molecule has 5 rings (SSSR count). The van der Waals surface area contributed by atoms with Crippen LogP contribution in [0.4, 0.5) is 11.4 Å². The highest BCUT2D eigenvalue weighted by atomic mass is 16.5. The first-order valence-corrected chi connectivity index (χ1v) is 11.8. The zero-order valence-corrected chi connectivity index (χ0v) is 19.2. The van der Waals surface area contributed by atoms with Gasteiger partial charge in [-0.05, 0) is 49.4 Å². The minimum Gasteiger partial charge on any atom is -0.490 e. The quantitative estimate of drug-likeness (QED) is 0.458. The smallest absolute Gasteiger partial charge is 0.163 e. The molecule has 0 bridgehead atoms. The number of ketones is 1. The molecule has 1 heterocycles. The highest BCUT2D eigenvalue weighted by Crippen LogP contribution is 2.45. The van der Waals surface area contributed by atoms with Gasteiger partial charge in [-0.15, -0.1) is 0 Å². The summed E-state index contributed by atoms with van der Waals surface area (Å²) in [5.74, 6) is 1.18. The third kappa shape index (κ3) is 4.25. The van der Waals surface area contributed by atoms with E-state index in [4.69, 9.17) is 4.74 Å². The first-order valence-electron chi connectivity index (χ1n) is 11.8. The van der Waals surface area contributed by atoms with Crippen LogP contribution in [0.1, 0.15) is 56.2 Å². The van der Waals surface area contributed by atoms with Crippen molar-refractivity contribution in [3.05, 3.63) is 101 Å². The van der Waals surface area contributed by atoms with E-state index < -0.39 is 0 Å². The first kappa shape index (κ1) is 21.3. The molecule has 1 aliphatic heterocycles. The molecule has 4 heteroatoms. The van der Waals surface area contributed by atoms with E-state index in [1.165, 1.54) is 5.56 Å². The fourth-order valence-corrected chi connectivity index (χ4v) is 4.81. The summed E-state index contributed by atoms with van der Waals surface area (Å²) in [6.45, 7) is 4.20. The standard InChI is InChI=1S/C29H30N2O2/c1-3-19(2)33-27-16-10-7-13-22(27)29-28-25(30-23-14-8-9-15-24(23)31-29)17-21(18-26(28)32)20-11-5-4-6-12-20/h4-16,19,21,29-31H,3,17-18H2,1-2H3. The number of rotatable bonds is 5. The summed E-state index contributed by atoms with van der Waals surface area (Å²) in [4.78, 5) is 13.7. The van der Waals surface area contributed by atoms with Gasteiger partial charge in [-0.3, -0.25) is 4.79 Å². The number of anilines is 2. The van der Waals surface area contributed by atoms with Crippen LogP contribution in [0.25, 0.3) is 0 Å². The van der Waals surface area contributed by atoms with Gasteiger partial charge in [0.2, 0.25) is 0 Å². The van der Waals surface area contributed by atoms with Crippen molar-refractivity contribution in [3.63, 3.8) is 0 Å². The Balaban J connectivity index is 1.61. The minimum absolute atomic E-state index is 0.0975. The predicted molar refractivity (Wildman–Crippen MR) is 134 cm³/mol. The van der Waals surface area contributed by atoms with Crippen LogP contribution < -0.4 is 15.4 Å². The minimum atomic E-state index is -0.277. The molecule has 3 atom stereocenters. The molecule has 0 amide bonds. The van der Waals surface area contributed by atoms with Crippen LogP contribution in [0, 0.1) is 0 Å². The molecule has 3 aromatic carbocycles. The SMILES string of the molecule is CCC(C)Oc1ccccc1C1Nc2ccccc2NC2=C1C(=O)CC(c1ccccc1)C2. The number of hydrogen-bond acceptors (Lipinski definition) is 4. The Kier molecular flexibility index (Phi) is 5.91. The molecule has 2 aliphatic rings. The molecule has 3 aromatic rings. The highest BCUT2D eigenvalue weighted by Gasteiger charge is 2.37. The van der Waals surface area contributed by atoms with Crippen molar-refractivity contribution in [1.29, 1.82) is 0 Å². The number of allylic oxidation sites excluding steroid dienone is 1. The second kappa shape index (κ2) is 9.14. The van der Waals surface area contributed by atoms with Crippen LogP contribution in [-0.4, -0.2) is 11.9 Å². The summed E-state index contributed by atoms with van der Waals surface area (Å²) in [7, 11) is 0. The number of carbonyl (C=O) groups is 1. The summed E-state index contributed by atoms with van der Waals surface area (Å²) < 4.78 is 6.29. The third-order valence-electron chi connectivity index (χ3n) is 6.71. The summed E-state index contributed by atoms with van der Waals surface area (Å²) in [6.07, 6.45) is 2.32. The van der Waals surface area contributed by atoms with E-state index in [-0.39, 0.29) is 23.8 Å². The van der Waals surface area contributed by atoms with Crippen LogP contribution in [0.5, 0.6) is 5.75 Å². The molecule has 0 spiro atoms. The van der Waals surface area contributed by atoms with Gasteiger partial charge >= 0.3 is 0 Å². The monoisotopic (exact) mass is 438 g/mol. The lowest BCUT2D eigenvalue weighted by molar-refractivity contribution is -0.116. The lowest BCUT2D eigenvalue weighted by Crippen LogP contribution is -2.27. The Morgan fingerprint density at radius 2 is 1.61 bits per heavy atom. The largest absolute Gasteiger partial charge is 0.490 e. The number of hydrogen-bond donors (Lipinski definition) is 2. The van der Waals surface area contributed by atoms with Gasteiger partial charge in [-0.1, -0.05) is 67.6 Å². The van der Waals surface area contributed by atoms with Crippen molar-refractivity contribution < 1.29 is 9.53 Å². The second-order valence-electron chi connectivity index (χ2n) is 8.95. The van der Waals surface area contributed by atoms with Crippen LogP contribution in [-0.2, 0) is 4.79 Å². The van der Waals surface area contributed by atoms with Gasteiger partial charge in [-0.25, -0.2) is 0 Å². The summed E-state index contributed by atoms with van der Waals surface area (Å²) in [5, 5.41) is 7.29. The number of para-hydroxylation sites is 3. The topological polar surface area (TPSA) is 50.4 Å². The number of benzene rings is 3. The average Bonchev–Trinajstić information content (AvgIpc) is 3.01. The molecule has 2 N–H and O–H groups in total. The maximum Gasteiger partial charge on any atom is 0.163 e. The van der Waals surface area contributed by atoms with Crippen molar-refractivity contribution in [2.45, 2.75) is 51.2 Å². The maximum absolute atomic E-state index is 13.7. The van der Waals surface area contributed by atoms with Crippen molar-refractivity contribution in [3.8, 4) is 5.75 Å². The zero-order chi connectivity index (χ0) is 22.8. The Hall–Kier alpha value is -3.53.